The van der Waals surface area contributed by atoms with E-state index >= 15 is 0 Å². The fraction of sp³-hybridized carbons (Fsp3) is 0.217. The van der Waals surface area contributed by atoms with Crippen LogP contribution in [0.2, 0.25) is 0 Å². The third-order valence-corrected chi connectivity index (χ3v) is 5.19. The van der Waals surface area contributed by atoms with E-state index in [1.54, 1.807) is 13.3 Å². The average molecular weight is 373 g/mol. The zero-order chi connectivity index (χ0) is 19.7. The molecule has 0 saturated heterocycles. The summed E-state index contributed by atoms with van der Waals surface area (Å²) < 4.78 is 7.47. The van der Waals surface area contributed by atoms with Crippen LogP contribution in [-0.4, -0.2) is 22.6 Å². The summed E-state index contributed by atoms with van der Waals surface area (Å²) >= 11 is 0. The van der Waals surface area contributed by atoms with Gasteiger partial charge in [0.25, 0.3) is 5.91 Å². The second-order valence-corrected chi connectivity index (χ2v) is 6.84. The second kappa shape index (κ2) is 7.35. The third-order valence-electron chi connectivity index (χ3n) is 5.19. The van der Waals surface area contributed by atoms with Crippen molar-refractivity contribution in [2.75, 3.05) is 7.11 Å². The van der Waals surface area contributed by atoms with Crippen molar-refractivity contribution in [2.45, 2.75) is 26.4 Å². The molecule has 1 atom stereocenters. The van der Waals surface area contributed by atoms with Crippen LogP contribution in [0.25, 0.3) is 21.8 Å². The molecule has 0 bridgehead atoms. The highest BCUT2D eigenvalue weighted by Gasteiger charge is 2.15. The second-order valence-electron chi connectivity index (χ2n) is 6.84. The standard InChI is InChI=1S/C23H23N3O2/c1-4-26-21-13-17(8-9-19(21)20-10-11-24-14-22(20)26)23(27)25-15(2)16-6-5-7-18(12-16)28-3/h5-15H,4H2,1-3H3,(H,25,27)/t15-/m1/s1. The summed E-state index contributed by atoms with van der Waals surface area (Å²) in [4.78, 5) is 17.1. The van der Waals surface area contributed by atoms with Crippen LogP contribution in [0.1, 0.15) is 35.8 Å². The Morgan fingerprint density at radius 2 is 1.96 bits per heavy atom. The Kier molecular flexibility index (Phi) is 4.74. The van der Waals surface area contributed by atoms with Gasteiger partial charge in [0, 0.05) is 34.6 Å². The van der Waals surface area contributed by atoms with Gasteiger partial charge in [-0.3, -0.25) is 9.78 Å². The first kappa shape index (κ1) is 18.0. The fourth-order valence-electron chi connectivity index (χ4n) is 3.70. The molecular formula is C23H23N3O2. The van der Waals surface area contributed by atoms with Gasteiger partial charge in [-0.15, -0.1) is 0 Å². The summed E-state index contributed by atoms with van der Waals surface area (Å²) in [5.41, 5.74) is 3.78. The number of aryl methyl sites for hydroxylation is 1. The molecule has 0 aliphatic heterocycles. The maximum Gasteiger partial charge on any atom is 0.251 e. The number of nitrogens with zero attached hydrogens (tertiary/aromatic N) is 2. The van der Waals surface area contributed by atoms with E-state index in [1.165, 1.54) is 0 Å². The van der Waals surface area contributed by atoms with Crippen LogP contribution in [0, 0.1) is 0 Å². The molecule has 142 valence electrons. The van der Waals surface area contributed by atoms with Gasteiger partial charge in [-0.2, -0.15) is 0 Å². The van der Waals surface area contributed by atoms with Gasteiger partial charge < -0.3 is 14.6 Å². The Balaban J connectivity index is 1.66. The van der Waals surface area contributed by atoms with E-state index < -0.39 is 0 Å². The number of benzene rings is 2. The maximum atomic E-state index is 12.9. The molecule has 0 aliphatic rings. The van der Waals surface area contributed by atoms with Gasteiger partial charge >= 0.3 is 0 Å². The Hall–Kier alpha value is -3.34. The van der Waals surface area contributed by atoms with Crippen LogP contribution in [-0.2, 0) is 6.54 Å². The van der Waals surface area contributed by atoms with Crippen molar-refractivity contribution in [1.82, 2.24) is 14.9 Å². The van der Waals surface area contributed by atoms with E-state index in [0.717, 1.165) is 39.7 Å². The van der Waals surface area contributed by atoms with Gasteiger partial charge in [0.1, 0.15) is 5.75 Å². The predicted octanol–water partition coefficient (Wildman–Crippen LogP) is 4.71. The van der Waals surface area contributed by atoms with Gasteiger partial charge in [-0.1, -0.05) is 18.2 Å². The Morgan fingerprint density at radius 3 is 2.75 bits per heavy atom. The first-order valence-electron chi connectivity index (χ1n) is 9.43. The van der Waals surface area contributed by atoms with E-state index in [9.17, 15) is 4.79 Å². The molecule has 1 amide bonds. The summed E-state index contributed by atoms with van der Waals surface area (Å²) in [5, 5.41) is 5.38. The van der Waals surface area contributed by atoms with E-state index in [1.807, 2.05) is 61.7 Å². The van der Waals surface area contributed by atoms with E-state index in [2.05, 4.69) is 21.8 Å². The highest BCUT2D eigenvalue weighted by atomic mass is 16.5. The number of methoxy groups -OCH3 is 1. The fourth-order valence-corrected chi connectivity index (χ4v) is 3.70. The number of hydrogen-bond acceptors (Lipinski definition) is 3. The van der Waals surface area contributed by atoms with Gasteiger partial charge in [0.05, 0.1) is 24.9 Å². The van der Waals surface area contributed by atoms with Crippen LogP contribution >= 0.6 is 0 Å². The molecule has 5 heteroatoms. The van der Waals surface area contributed by atoms with Crippen molar-refractivity contribution < 1.29 is 9.53 Å². The molecule has 0 fully saturated rings. The smallest absolute Gasteiger partial charge is 0.251 e. The molecule has 5 nitrogen and oxygen atoms in total. The number of nitrogens with one attached hydrogen (secondary N) is 1. The first-order chi connectivity index (χ1) is 13.6. The van der Waals surface area contributed by atoms with Crippen molar-refractivity contribution >= 4 is 27.7 Å². The predicted molar refractivity (Wildman–Crippen MR) is 112 cm³/mol. The molecule has 2 aromatic carbocycles. The number of aromatic nitrogens is 2. The lowest BCUT2D eigenvalue weighted by atomic mass is 10.1. The van der Waals surface area contributed by atoms with Crippen molar-refractivity contribution in [1.29, 1.82) is 0 Å². The summed E-state index contributed by atoms with van der Waals surface area (Å²) in [6.07, 6.45) is 3.68. The quantitative estimate of drug-likeness (QED) is 0.551. The monoisotopic (exact) mass is 373 g/mol. The van der Waals surface area contributed by atoms with Crippen LogP contribution in [0.15, 0.2) is 60.9 Å². The molecule has 2 heterocycles. The molecule has 1 N–H and O–H groups in total. The molecule has 2 aromatic heterocycles. The molecule has 4 rings (SSSR count). The SMILES string of the molecule is CCn1c2cnccc2c2ccc(C(=O)N[C@H](C)c3cccc(OC)c3)cc21. The summed E-state index contributed by atoms with van der Waals surface area (Å²) in [7, 11) is 1.64. The minimum atomic E-state index is -0.125. The number of amides is 1. The maximum absolute atomic E-state index is 12.9. The van der Waals surface area contributed by atoms with Crippen molar-refractivity contribution in [2.24, 2.45) is 0 Å². The lowest BCUT2D eigenvalue weighted by Gasteiger charge is -2.15. The molecule has 0 saturated carbocycles. The van der Waals surface area contributed by atoms with Gasteiger partial charge in [-0.25, -0.2) is 0 Å². The van der Waals surface area contributed by atoms with Crippen LogP contribution in [0.5, 0.6) is 5.75 Å². The molecule has 0 spiro atoms. The number of rotatable bonds is 5. The minimum absolute atomic E-state index is 0.0942. The highest BCUT2D eigenvalue weighted by molar-refractivity contribution is 6.10. The van der Waals surface area contributed by atoms with Crippen molar-refractivity contribution in [3.05, 3.63) is 72.1 Å². The molecule has 0 aliphatic carbocycles. The van der Waals surface area contributed by atoms with Crippen LogP contribution in [0.4, 0.5) is 0 Å². The lowest BCUT2D eigenvalue weighted by molar-refractivity contribution is 0.0940. The van der Waals surface area contributed by atoms with Gasteiger partial charge in [-0.05, 0) is 49.7 Å². The van der Waals surface area contributed by atoms with Crippen molar-refractivity contribution in [3.8, 4) is 5.75 Å². The Bertz CT molecular complexity index is 1160. The highest BCUT2D eigenvalue weighted by Crippen LogP contribution is 2.29. The topological polar surface area (TPSA) is 56.2 Å². The van der Waals surface area contributed by atoms with E-state index in [0.29, 0.717) is 5.56 Å². The summed E-state index contributed by atoms with van der Waals surface area (Å²) in [5.74, 6) is 0.685. The van der Waals surface area contributed by atoms with Gasteiger partial charge in [0.2, 0.25) is 0 Å². The summed E-state index contributed by atoms with van der Waals surface area (Å²) in [6.45, 7) is 4.89. The zero-order valence-electron chi connectivity index (χ0n) is 16.3. The number of ether oxygens (including phenoxy) is 1. The van der Waals surface area contributed by atoms with Crippen LogP contribution < -0.4 is 10.1 Å². The number of carbonyl (C=O) groups excluding carboxylic acids is 1. The molecule has 0 unspecified atom stereocenters. The number of pyridine rings is 1. The number of carbonyl (C=O) groups is 1. The molecular weight excluding hydrogens is 350 g/mol. The number of hydrogen-bond donors (Lipinski definition) is 1. The number of fused-ring (bicyclic) bond motifs is 3. The normalized spacial score (nSPS) is 12.2. The third kappa shape index (κ3) is 3.09. The average Bonchev–Trinajstić information content (AvgIpc) is 3.06. The summed E-state index contributed by atoms with van der Waals surface area (Å²) in [6, 6.07) is 15.5. The Labute approximate surface area is 164 Å². The molecule has 28 heavy (non-hydrogen) atoms. The van der Waals surface area contributed by atoms with Crippen LogP contribution in [0.3, 0.4) is 0 Å². The van der Waals surface area contributed by atoms with Gasteiger partial charge in [0.15, 0.2) is 0 Å². The largest absolute Gasteiger partial charge is 0.497 e. The van der Waals surface area contributed by atoms with E-state index in [4.69, 9.17) is 4.74 Å². The zero-order valence-corrected chi connectivity index (χ0v) is 16.3. The minimum Gasteiger partial charge on any atom is -0.497 e. The van der Waals surface area contributed by atoms with Crippen molar-refractivity contribution in [3.63, 3.8) is 0 Å². The molecule has 0 radical (unpaired) electrons. The first-order valence-corrected chi connectivity index (χ1v) is 9.43. The molecule has 4 aromatic rings. The lowest BCUT2D eigenvalue weighted by Crippen LogP contribution is -2.26. The van der Waals surface area contributed by atoms with E-state index in [-0.39, 0.29) is 11.9 Å². The Morgan fingerprint density at radius 1 is 1.14 bits per heavy atom.